The van der Waals surface area contributed by atoms with E-state index in [1.165, 1.54) is 44.9 Å². The van der Waals surface area contributed by atoms with E-state index in [1.807, 2.05) is 0 Å². The largest absolute Gasteiger partial charge is 0.370 e. The second-order valence-corrected chi connectivity index (χ2v) is 6.21. The van der Waals surface area contributed by atoms with Gasteiger partial charge in [0.2, 0.25) is 11.8 Å². The molecule has 0 aromatic rings. The lowest BCUT2D eigenvalue weighted by atomic mass is 10.1. The molecule has 0 rings (SSSR count). The molecule has 0 spiro atoms. The molecular formula is C18H36N2O2. The van der Waals surface area contributed by atoms with E-state index < -0.39 is 0 Å². The van der Waals surface area contributed by atoms with Crippen molar-refractivity contribution in [3.63, 3.8) is 0 Å². The van der Waals surface area contributed by atoms with Crippen LogP contribution in [0.5, 0.6) is 0 Å². The van der Waals surface area contributed by atoms with E-state index in [1.54, 1.807) is 0 Å². The molecule has 2 amide bonds. The Labute approximate surface area is 136 Å². The Morgan fingerprint density at radius 2 is 1.23 bits per heavy atom. The molecule has 0 aliphatic heterocycles. The highest BCUT2D eigenvalue weighted by atomic mass is 16.1. The Kier molecular flexibility index (Phi) is 15.5. The van der Waals surface area contributed by atoms with Gasteiger partial charge in [0, 0.05) is 19.4 Å². The number of carbonyl (C=O) groups is 2. The molecule has 0 saturated carbocycles. The predicted octanol–water partition coefficient (Wildman–Crippen LogP) is 4.07. The zero-order valence-corrected chi connectivity index (χ0v) is 14.5. The van der Waals surface area contributed by atoms with Crippen LogP contribution in [0.2, 0.25) is 0 Å². The average Bonchev–Trinajstić information content (AvgIpc) is 2.48. The van der Waals surface area contributed by atoms with Crippen molar-refractivity contribution in [2.45, 2.75) is 96.8 Å². The molecule has 0 aliphatic carbocycles. The molecule has 0 fully saturated rings. The predicted molar refractivity (Wildman–Crippen MR) is 92.5 cm³/mol. The van der Waals surface area contributed by atoms with Gasteiger partial charge in [-0.2, -0.15) is 0 Å². The van der Waals surface area contributed by atoms with Crippen LogP contribution in [0.1, 0.15) is 96.8 Å². The number of nitrogens with two attached hydrogens (primary N) is 1. The van der Waals surface area contributed by atoms with E-state index in [0.717, 1.165) is 38.6 Å². The second kappa shape index (κ2) is 16.3. The van der Waals surface area contributed by atoms with Crippen LogP contribution in [0.25, 0.3) is 0 Å². The Balaban J connectivity index is 3.11. The lowest BCUT2D eigenvalue weighted by Crippen LogP contribution is -2.23. The molecule has 4 nitrogen and oxygen atoms in total. The SMILES string of the molecule is CCCCCC(=O)NCCCCCCCCCCCC(N)=O. The van der Waals surface area contributed by atoms with E-state index in [9.17, 15) is 9.59 Å². The third-order valence-electron chi connectivity index (χ3n) is 3.93. The van der Waals surface area contributed by atoms with Crippen molar-refractivity contribution in [2.75, 3.05) is 6.54 Å². The van der Waals surface area contributed by atoms with Gasteiger partial charge in [-0.15, -0.1) is 0 Å². The number of primary amides is 1. The first kappa shape index (κ1) is 20.9. The number of carbonyl (C=O) groups excluding carboxylic acids is 2. The van der Waals surface area contributed by atoms with Crippen LogP contribution in [-0.2, 0) is 9.59 Å². The van der Waals surface area contributed by atoms with Crippen LogP contribution in [0.4, 0.5) is 0 Å². The molecule has 0 aromatic heterocycles. The van der Waals surface area contributed by atoms with Gasteiger partial charge < -0.3 is 11.1 Å². The Hall–Kier alpha value is -1.06. The normalized spacial score (nSPS) is 10.6. The smallest absolute Gasteiger partial charge is 0.219 e. The summed E-state index contributed by atoms with van der Waals surface area (Å²) in [6.07, 6.45) is 15.2. The molecule has 22 heavy (non-hydrogen) atoms. The summed E-state index contributed by atoms with van der Waals surface area (Å²) in [5.74, 6) is 0.0295. The van der Waals surface area contributed by atoms with Gasteiger partial charge in [-0.05, 0) is 19.3 Å². The van der Waals surface area contributed by atoms with Gasteiger partial charge in [-0.1, -0.05) is 64.7 Å². The van der Waals surface area contributed by atoms with Gasteiger partial charge in [-0.3, -0.25) is 9.59 Å². The highest BCUT2D eigenvalue weighted by Crippen LogP contribution is 2.10. The molecule has 0 atom stereocenters. The third kappa shape index (κ3) is 17.0. The lowest BCUT2D eigenvalue weighted by molar-refractivity contribution is -0.121. The fraction of sp³-hybridized carbons (Fsp3) is 0.889. The maximum Gasteiger partial charge on any atom is 0.219 e. The van der Waals surface area contributed by atoms with Gasteiger partial charge in [0.05, 0.1) is 0 Å². The van der Waals surface area contributed by atoms with Crippen molar-refractivity contribution in [3.05, 3.63) is 0 Å². The third-order valence-corrected chi connectivity index (χ3v) is 3.93. The summed E-state index contributed by atoms with van der Waals surface area (Å²) in [4.78, 5) is 22.0. The first-order valence-electron chi connectivity index (χ1n) is 9.21. The average molecular weight is 312 g/mol. The summed E-state index contributed by atoms with van der Waals surface area (Å²) >= 11 is 0. The van der Waals surface area contributed by atoms with Crippen molar-refractivity contribution in [3.8, 4) is 0 Å². The minimum atomic E-state index is -0.183. The monoisotopic (exact) mass is 312 g/mol. The topological polar surface area (TPSA) is 72.2 Å². The fourth-order valence-electron chi connectivity index (χ4n) is 2.51. The van der Waals surface area contributed by atoms with Crippen molar-refractivity contribution in [1.82, 2.24) is 5.32 Å². The maximum absolute atomic E-state index is 11.5. The van der Waals surface area contributed by atoms with E-state index in [2.05, 4.69) is 12.2 Å². The zero-order chi connectivity index (χ0) is 16.5. The molecule has 0 saturated heterocycles. The number of nitrogens with one attached hydrogen (secondary N) is 1. The van der Waals surface area contributed by atoms with Gasteiger partial charge >= 0.3 is 0 Å². The molecule has 4 heteroatoms. The van der Waals surface area contributed by atoms with Crippen LogP contribution in [0.15, 0.2) is 0 Å². The lowest BCUT2D eigenvalue weighted by Gasteiger charge is -2.05. The van der Waals surface area contributed by atoms with Crippen LogP contribution >= 0.6 is 0 Å². The van der Waals surface area contributed by atoms with E-state index in [4.69, 9.17) is 5.73 Å². The molecular weight excluding hydrogens is 276 g/mol. The first-order chi connectivity index (χ1) is 10.7. The highest BCUT2D eigenvalue weighted by molar-refractivity contribution is 5.75. The minimum Gasteiger partial charge on any atom is -0.370 e. The summed E-state index contributed by atoms with van der Waals surface area (Å²) in [5, 5.41) is 3.00. The summed E-state index contributed by atoms with van der Waals surface area (Å²) in [7, 11) is 0. The summed E-state index contributed by atoms with van der Waals surface area (Å²) in [5.41, 5.74) is 5.10. The van der Waals surface area contributed by atoms with E-state index in [0.29, 0.717) is 12.8 Å². The molecule has 0 heterocycles. The number of unbranched alkanes of at least 4 members (excludes halogenated alkanes) is 10. The summed E-state index contributed by atoms with van der Waals surface area (Å²) in [6, 6.07) is 0. The number of hydrogen-bond acceptors (Lipinski definition) is 2. The molecule has 0 unspecified atom stereocenters. The zero-order valence-electron chi connectivity index (χ0n) is 14.5. The number of hydrogen-bond donors (Lipinski definition) is 2. The number of rotatable bonds is 16. The summed E-state index contributed by atoms with van der Waals surface area (Å²) < 4.78 is 0. The molecule has 3 N–H and O–H groups in total. The van der Waals surface area contributed by atoms with Crippen molar-refractivity contribution < 1.29 is 9.59 Å². The van der Waals surface area contributed by atoms with Crippen LogP contribution in [0.3, 0.4) is 0 Å². The quantitative estimate of drug-likeness (QED) is 0.422. The fourth-order valence-corrected chi connectivity index (χ4v) is 2.51. The Bertz CT molecular complexity index is 280. The Morgan fingerprint density at radius 3 is 1.77 bits per heavy atom. The summed E-state index contributed by atoms with van der Waals surface area (Å²) in [6.45, 7) is 2.98. The van der Waals surface area contributed by atoms with Gasteiger partial charge in [0.15, 0.2) is 0 Å². The molecule has 0 aromatic carbocycles. The molecule has 0 bridgehead atoms. The van der Waals surface area contributed by atoms with Crippen molar-refractivity contribution in [1.29, 1.82) is 0 Å². The van der Waals surface area contributed by atoms with Crippen molar-refractivity contribution in [2.24, 2.45) is 5.73 Å². The standard InChI is InChI=1S/C18H36N2O2/c1-2-3-11-15-18(22)20-16-13-10-8-6-4-5-7-9-12-14-17(19)21/h2-16H2,1H3,(H2,19,21)(H,20,22). The van der Waals surface area contributed by atoms with Crippen molar-refractivity contribution >= 4 is 11.8 Å². The van der Waals surface area contributed by atoms with Crippen LogP contribution < -0.4 is 11.1 Å². The highest BCUT2D eigenvalue weighted by Gasteiger charge is 1.99. The van der Waals surface area contributed by atoms with Crippen LogP contribution in [0, 0.1) is 0 Å². The van der Waals surface area contributed by atoms with Crippen LogP contribution in [-0.4, -0.2) is 18.4 Å². The van der Waals surface area contributed by atoms with E-state index in [-0.39, 0.29) is 11.8 Å². The Morgan fingerprint density at radius 1 is 0.727 bits per heavy atom. The van der Waals surface area contributed by atoms with Gasteiger partial charge in [0.25, 0.3) is 0 Å². The maximum atomic E-state index is 11.5. The molecule has 0 aliphatic rings. The minimum absolute atomic E-state index is 0.183. The first-order valence-corrected chi connectivity index (χ1v) is 9.21. The van der Waals surface area contributed by atoms with E-state index >= 15 is 0 Å². The second-order valence-electron chi connectivity index (χ2n) is 6.21. The molecule has 0 radical (unpaired) electrons. The van der Waals surface area contributed by atoms with Gasteiger partial charge in [-0.25, -0.2) is 0 Å². The number of amides is 2. The van der Waals surface area contributed by atoms with Gasteiger partial charge in [0.1, 0.15) is 0 Å². The molecule has 130 valence electrons.